The molecule has 5 heteroatoms. The Bertz CT molecular complexity index is 692. The average Bonchev–Trinajstić information content (AvgIpc) is 2.96. The molecule has 1 N–H and O–H groups in total. The van der Waals surface area contributed by atoms with E-state index >= 15 is 0 Å². The molecule has 40 heavy (non-hydrogen) atoms. The molecule has 0 heterocycles. The van der Waals surface area contributed by atoms with Gasteiger partial charge in [0.1, 0.15) is 6.61 Å². The Kier molecular flexibility index (Phi) is 29.7. The van der Waals surface area contributed by atoms with Crippen LogP contribution >= 0.6 is 0 Å². The van der Waals surface area contributed by atoms with E-state index in [-0.39, 0.29) is 25.2 Å². The first-order valence-electron chi connectivity index (χ1n) is 16.2. The molecule has 1 atom stereocenters. The lowest BCUT2D eigenvalue weighted by molar-refractivity contribution is -0.161. The number of rotatable bonds is 28. The summed E-state index contributed by atoms with van der Waals surface area (Å²) >= 11 is 0. The normalized spacial score (nSPS) is 12.8. The van der Waals surface area contributed by atoms with Crippen LogP contribution in [-0.4, -0.2) is 36.4 Å². The van der Waals surface area contributed by atoms with Gasteiger partial charge in [0.25, 0.3) is 0 Å². The van der Waals surface area contributed by atoms with Crippen LogP contribution in [0, 0.1) is 0 Å². The van der Waals surface area contributed by atoms with Crippen LogP contribution in [0.15, 0.2) is 48.6 Å². The molecule has 0 saturated heterocycles. The van der Waals surface area contributed by atoms with Gasteiger partial charge in [-0.3, -0.25) is 9.59 Å². The van der Waals surface area contributed by atoms with Crippen molar-refractivity contribution in [3.05, 3.63) is 48.6 Å². The summed E-state index contributed by atoms with van der Waals surface area (Å²) < 4.78 is 10.5. The van der Waals surface area contributed by atoms with E-state index in [1.54, 1.807) is 0 Å². The molecule has 0 aliphatic heterocycles. The van der Waals surface area contributed by atoms with Crippen molar-refractivity contribution in [2.75, 3.05) is 13.2 Å². The molecule has 0 rings (SSSR count). The number of esters is 2. The van der Waals surface area contributed by atoms with Crippen molar-refractivity contribution in [1.82, 2.24) is 0 Å². The molecule has 1 unspecified atom stereocenters. The number of carbonyl (C=O) groups excluding carboxylic acids is 2. The highest BCUT2D eigenvalue weighted by Crippen LogP contribution is 2.11. The monoisotopic (exact) mass is 560 g/mol. The maximum absolute atomic E-state index is 12.1. The average molecular weight is 561 g/mol. The van der Waals surface area contributed by atoms with Gasteiger partial charge in [-0.15, -0.1) is 0 Å². The van der Waals surface area contributed by atoms with Crippen LogP contribution in [0.1, 0.15) is 142 Å². The number of hydrogen-bond acceptors (Lipinski definition) is 5. The molecule has 0 amide bonds. The summed E-state index contributed by atoms with van der Waals surface area (Å²) in [5.74, 6) is -0.629. The number of unbranched alkanes of at least 4 members (excludes halogenated alkanes) is 12. The Hall–Kier alpha value is -2.14. The lowest BCUT2D eigenvalue weighted by Gasteiger charge is -2.15. The summed E-state index contributed by atoms with van der Waals surface area (Å²) in [6.45, 7) is 3.94. The molecule has 0 aromatic carbocycles. The Labute approximate surface area is 246 Å². The fraction of sp³-hybridized carbons (Fsp3) is 0.714. The second kappa shape index (κ2) is 31.4. The van der Waals surface area contributed by atoms with Crippen molar-refractivity contribution in [2.24, 2.45) is 0 Å². The number of aliphatic hydroxyl groups excluding tert-OH is 1. The van der Waals surface area contributed by atoms with Crippen molar-refractivity contribution >= 4 is 11.9 Å². The van der Waals surface area contributed by atoms with E-state index in [0.717, 1.165) is 77.0 Å². The van der Waals surface area contributed by atoms with E-state index in [4.69, 9.17) is 9.47 Å². The van der Waals surface area contributed by atoms with Crippen LogP contribution in [0.4, 0.5) is 0 Å². The van der Waals surface area contributed by atoms with Crippen molar-refractivity contribution < 1.29 is 24.2 Å². The first-order valence-corrected chi connectivity index (χ1v) is 16.2. The third kappa shape index (κ3) is 28.9. The van der Waals surface area contributed by atoms with Crippen LogP contribution in [0.25, 0.3) is 0 Å². The summed E-state index contributed by atoms with van der Waals surface area (Å²) in [5.41, 5.74) is 0. The van der Waals surface area contributed by atoms with Gasteiger partial charge in [-0.1, -0.05) is 114 Å². The molecular weight excluding hydrogens is 500 g/mol. The predicted molar refractivity (Wildman–Crippen MR) is 168 cm³/mol. The van der Waals surface area contributed by atoms with E-state index in [0.29, 0.717) is 12.8 Å². The zero-order valence-electron chi connectivity index (χ0n) is 25.8. The molecule has 0 fully saturated rings. The van der Waals surface area contributed by atoms with Gasteiger partial charge in [0, 0.05) is 12.8 Å². The van der Waals surface area contributed by atoms with E-state index in [1.807, 2.05) is 0 Å². The molecule has 0 saturated carbocycles. The van der Waals surface area contributed by atoms with Crippen molar-refractivity contribution in [3.8, 4) is 0 Å². The molecule has 0 bridgehead atoms. The topological polar surface area (TPSA) is 72.8 Å². The summed E-state index contributed by atoms with van der Waals surface area (Å²) in [4.78, 5) is 24.1. The van der Waals surface area contributed by atoms with Gasteiger partial charge in [-0.05, 0) is 64.2 Å². The first-order chi connectivity index (χ1) is 19.6. The van der Waals surface area contributed by atoms with E-state index in [2.05, 4.69) is 62.5 Å². The Balaban J connectivity index is 3.65. The summed E-state index contributed by atoms with van der Waals surface area (Å²) in [6.07, 6.45) is 37.3. The van der Waals surface area contributed by atoms with Gasteiger partial charge in [0.2, 0.25) is 0 Å². The van der Waals surface area contributed by atoms with Crippen LogP contribution in [0.5, 0.6) is 0 Å². The summed E-state index contributed by atoms with van der Waals surface area (Å²) in [7, 11) is 0. The highest BCUT2D eigenvalue weighted by atomic mass is 16.6. The minimum absolute atomic E-state index is 0.0787. The van der Waals surface area contributed by atoms with Crippen LogP contribution in [0.3, 0.4) is 0 Å². The molecular formula is C35H60O5. The Morgan fingerprint density at radius 3 is 1.65 bits per heavy atom. The number of allylic oxidation sites excluding steroid dienone is 8. The first kappa shape index (κ1) is 37.9. The minimum atomic E-state index is -0.781. The summed E-state index contributed by atoms with van der Waals surface area (Å²) in [6, 6.07) is 0. The number of aliphatic hydroxyl groups is 1. The van der Waals surface area contributed by atoms with E-state index in [9.17, 15) is 14.7 Å². The molecule has 0 aromatic heterocycles. The molecule has 0 aliphatic carbocycles. The van der Waals surface area contributed by atoms with Gasteiger partial charge in [0.05, 0.1) is 6.61 Å². The van der Waals surface area contributed by atoms with E-state index < -0.39 is 6.10 Å². The maximum atomic E-state index is 12.1. The zero-order valence-corrected chi connectivity index (χ0v) is 25.8. The third-order valence-electron chi connectivity index (χ3n) is 6.61. The fourth-order valence-corrected chi connectivity index (χ4v) is 4.13. The minimum Gasteiger partial charge on any atom is -0.462 e. The summed E-state index contributed by atoms with van der Waals surface area (Å²) in [5, 5.41) is 9.48. The largest absolute Gasteiger partial charge is 0.462 e. The van der Waals surface area contributed by atoms with Gasteiger partial charge in [-0.25, -0.2) is 0 Å². The Morgan fingerprint density at radius 2 is 1.07 bits per heavy atom. The fourth-order valence-electron chi connectivity index (χ4n) is 4.13. The predicted octanol–water partition coefficient (Wildman–Crippen LogP) is 9.50. The quantitative estimate of drug-likeness (QED) is 0.0586. The van der Waals surface area contributed by atoms with Crippen LogP contribution < -0.4 is 0 Å². The van der Waals surface area contributed by atoms with Gasteiger partial charge in [0.15, 0.2) is 6.10 Å². The van der Waals surface area contributed by atoms with Gasteiger partial charge >= 0.3 is 11.9 Å². The lowest BCUT2D eigenvalue weighted by atomic mass is 10.1. The maximum Gasteiger partial charge on any atom is 0.306 e. The van der Waals surface area contributed by atoms with Crippen molar-refractivity contribution in [2.45, 2.75) is 148 Å². The molecule has 0 aromatic rings. The standard InChI is InChI=1S/C35H60O5/c1-3-5-7-9-11-13-15-16-17-18-20-22-24-26-28-30-35(38)40-33(31-36)32-39-34(37)29-27-25-23-21-19-14-12-10-8-6-4-2/h5,7,10-13,16-17,33,36H,3-4,6,8-9,14-15,18-32H2,1-2H3/b7-5-,12-10-,13-11-,17-16-. The molecule has 0 spiro atoms. The van der Waals surface area contributed by atoms with Crippen molar-refractivity contribution in [3.63, 3.8) is 0 Å². The number of carbonyl (C=O) groups is 2. The molecule has 0 aliphatic rings. The highest BCUT2D eigenvalue weighted by molar-refractivity contribution is 5.70. The second-order valence-corrected chi connectivity index (χ2v) is 10.5. The van der Waals surface area contributed by atoms with Crippen LogP contribution in [0.2, 0.25) is 0 Å². The number of ether oxygens (including phenoxy) is 2. The number of hydrogen-bond donors (Lipinski definition) is 1. The molecule has 5 nitrogen and oxygen atoms in total. The van der Waals surface area contributed by atoms with Crippen molar-refractivity contribution in [1.29, 1.82) is 0 Å². The lowest BCUT2D eigenvalue weighted by Crippen LogP contribution is -2.28. The van der Waals surface area contributed by atoms with Crippen LogP contribution in [-0.2, 0) is 19.1 Å². The van der Waals surface area contributed by atoms with Gasteiger partial charge in [-0.2, -0.15) is 0 Å². The smallest absolute Gasteiger partial charge is 0.306 e. The second-order valence-electron chi connectivity index (χ2n) is 10.5. The SMILES string of the molecule is CC/C=C\C/C=C\C/C=C\CCCCCCCC(=O)OC(CO)COC(=O)CCCCCCC/C=C\CCCC. The molecule has 0 radical (unpaired) electrons. The Morgan fingerprint density at radius 1 is 0.600 bits per heavy atom. The van der Waals surface area contributed by atoms with E-state index in [1.165, 1.54) is 38.5 Å². The third-order valence-corrected chi connectivity index (χ3v) is 6.61. The highest BCUT2D eigenvalue weighted by Gasteiger charge is 2.16. The zero-order chi connectivity index (χ0) is 29.4. The molecule has 230 valence electrons. The van der Waals surface area contributed by atoms with Gasteiger partial charge < -0.3 is 14.6 Å².